The minimum Gasteiger partial charge on any atom is -0.508 e. The summed E-state index contributed by atoms with van der Waals surface area (Å²) in [5, 5.41) is 12.5. The van der Waals surface area contributed by atoms with Crippen LogP contribution in [0.25, 0.3) is 0 Å². The minimum absolute atomic E-state index is 0.0364. The van der Waals surface area contributed by atoms with Crippen molar-refractivity contribution >= 4 is 17.5 Å². The summed E-state index contributed by atoms with van der Waals surface area (Å²) < 4.78 is 0. The largest absolute Gasteiger partial charge is 0.508 e. The van der Waals surface area contributed by atoms with E-state index >= 15 is 0 Å². The van der Waals surface area contributed by atoms with E-state index in [-0.39, 0.29) is 17.1 Å². The van der Waals surface area contributed by atoms with Crippen LogP contribution in [0, 0.1) is 5.41 Å². The molecule has 2 N–H and O–H groups in total. The number of nitrogens with one attached hydrogen (secondary N) is 1. The van der Waals surface area contributed by atoms with Gasteiger partial charge < -0.3 is 10.4 Å². The number of amides is 1. The highest BCUT2D eigenvalue weighted by atomic mass is 35.5. The van der Waals surface area contributed by atoms with Gasteiger partial charge in [0.25, 0.3) is 5.91 Å². The van der Waals surface area contributed by atoms with Gasteiger partial charge in [-0.05, 0) is 30.0 Å². The van der Waals surface area contributed by atoms with E-state index in [2.05, 4.69) is 26.1 Å². The molecule has 0 aliphatic carbocycles. The number of hydrogen-bond acceptors (Lipinski definition) is 2. The third-order valence-corrected chi connectivity index (χ3v) is 3.21. The summed E-state index contributed by atoms with van der Waals surface area (Å²) in [5.41, 5.74) is 0.359. The Morgan fingerprint density at radius 3 is 2.71 bits per heavy atom. The molecule has 0 aliphatic rings. The Balaban J connectivity index is 2.74. The maximum Gasteiger partial charge on any atom is 0.252 e. The van der Waals surface area contributed by atoms with Gasteiger partial charge in [0.05, 0.1) is 10.6 Å². The number of aromatic hydroxyl groups is 1. The first-order valence-corrected chi connectivity index (χ1v) is 6.00. The molecule has 1 aromatic carbocycles. The van der Waals surface area contributed by atoms with Gasteiger partial charge in [-0.3, -0.25) is 4.79 Å². The zero-order valence-corrected chi connectivity index (χ0v) is 11.1. The van der Waals surface area contributed by atoms with Crippen LogP contribution >= 0.6 is 11.6 Å². The Morgan fingerprint density at radius 1 is 1.47 bits per heavy atom. The van der Waals surface area contributed by atoms with Crippen molar-refractivity contribution in [3.63, 3.8) is 0 Å². The predicted molar refractivity (Wildman–Crippen MR) is 69.5 cm³/mol. The Kier molecular flexibility index (Phi) is 4.40. The number of carbonyl (C=O) groups excluding carboxylic acids is 1. The molecular weight excluding hydrogens is 238 g/mol. The average molecular weight is 256 g/mol. The highest BCUT2D eigenvalue weighted by Gasteiger charge is 2.18. The lowest BCUT2D eigenvalue weighted by Crippen LogP contribution is -2.33. The van der Waals surface area contributed by atoms with Gasteiger partial charge in [-0.1, -0.05) is 32.4 Å². The van der Waals surface area contributed by atoms with E-state index in [1.54, 1.807) is 0 Å². The smallest absolute Gasteiger partial charge is 0.252 e. The molecule has 17 heavy (non-hydrogen) atoms. The summed E-state index contributed by atoms with van der Waals surface area (Å²) in [5.74, 6) is -0.221. The molecule has 94 valence electrons. The van der Waals surface area contributed by atoms with Crippen LogP contribution in [-0.2, 0) is 0 Å². The van der Waals surface area contributed by atoms with Crippen molar-refractivity contribution < 1.29 is 9.90 Å². The van der Waals surface area contributed by atoms with E-state index in [4.69, 9.17) is 11.6 Å². The Morgan fingerprint density at radius 2 is 2.12 bits per heavy atom. The number of carbonyl (C=O) groups is 1. The first kappa shape index (κ1) is 13.8. The molecule has 0 radical (unpaired) electrons. The molecule has 1 amide bonds. The van der Waals surface area contributed by atoms with E-state index in [9.17, 15) is 9.90 Å². The Hall–Kier alpha value is -1.22. The number of phenols is 1. The van der Waals surface area contributed by atoms with Gasteiger partial charge in [0.15, 0.2) is 0 Å². The second-order valence-corrected chi connectivity index (χ2v) is 5.27. The lowest BCUT2D eigenvalue weighted by atomic mass is 9.90. The van der Waals surface area contributed by atoms with Crippen LogP contribution in [0.4, 0.5) is 0 Å². The molecule has 0 aromatic heterocycles. The first-order valence-electron chi connectivity index (χ1n) is 5.62. The van der Waals surface area contributed by atoms with Gasteiger partial charge in [-0.25, -0.2) is 0 Å². The molecule has 0 fully saturated rings. The van der Waals surface area contributed by atoms with Crippen molar-refractivity contribution in [3.05, 3.63) is 28.8 Å². The van der Waals surface area contributed by atoms with Gasteiger partial charge in [0.2, 0.25) is 0 Å². The van der Waals surface area contributed by atoms with Gasteiger partial charge in [0.1, 0.15) is 5.75 Å². The SMILES string of the molecule is CCC(C)(C)CNC(=O)c1cc(O)ccc1Cl. The van der Waals surface area contributed by atoms with Crippen molar-refractivity contribution in [2.75, 3.05) is 6.54 Å². The highest BCUT2D eigenvalue weighted by molar-refractivity contribution is 6.33. The van der Waals surface area contributed by atoms with E-state index in [0.29, 0.717) is 17.1 Å². The summed E-state index contributed by atoms with van der Waals surface area (Å²) in [6.07, 6.45) is 0.973. The molecule has 3 nitrogen and oxygen atoms in total. The number of benzene rings is 1. The van der Waals surface area contributed by atoms with Gasteiger partial charge >= 0.3 is 0 Å². The van der Waals surface area contributed by atoms with Crippen molar-refractivity contribution in [1.29, 1.82) is 0 Å². The second-order valence-electron chi connectivity index (χ2n) is 4.86. The summed E-state index contributed by atoms with van der Waals surface area (Å²) >= 11 is 5.90. The molecule has 0 unspecified atom stereocenters. The quantitative estimate of drug-likeness (QED) is 0.868. The van der Waals surface area contributed by atoms with Crippen molar-refractivity contribution in [1.82, 2.24) is 5.32 Å². The fraction of sp³-hybridized carbons (Fsp3) is 0.462. The zero-order chi connectivity index (χ0) is 13.1. The number of hydrogen-bond donors (Lipinski definition) is 2. The molecule has 0 saturated heterocycles. The van der Waals surface area contributed by atoms with Gasteiger partial charge in [0, 0.05) is 6.54 Å². The molecule has 1 rings (SSSR count). The molecular formula is C13H18ClNO2. The lowest BCUT2D eigenvalue weighted by Gasteiger charge is -2.22. The summed E-state index contributed by atoms with van der Waals surface area (Å²) in [6, 6.07) is 4.34. The third-order valence-electron chi connectivity index (χ3n) is 2.88. The maximum atomic E-state index is 11.9. The van der Waals surface area contributed by atoms with Crippen LogP contribution in [0.2, 0.25) is 5.02 Å². The maximum absolute atomic E-state index is 11.9. The number of halogens is 1. The third kappa shape index (κ3) is 3.93. The van der Waals surface area contributed by atoms with Crippen molar-refractivity contribution in [3.8, 4) is 5.75 Å². The Bertz CT molecular complexity index is 416. The van der Waals surface area contributed by atoms with Crippen LogP contribution in [-0.4, -0.2) is 17.6 Å². The fourth-order valence-corrected chi connectivity index (χ4v) is 1.43. The monoisotopic (exact) mass is 255 g/mol. The molecule has 0 atom stereocenters. The first-order chi connectivity index (χ1) is 7.85. The molecule has 0 bridgehead atoms. The van der Waals surface area contributed by atoms with Crippen LogP contribution in [0.5, 0.6) is 5.75 Å². The van der Waals surface area contributed by atoms with Crippen molar-refractivity contribution in [2.24, 2.45) is 5.41 Å². The van der Waals surface area contributed by atoms with E-state index in [1.807, 2.05) is 0 Å². The molecule has 0 spiro atoms. The lowest BCUT2D eigenvalue weighted by molar-refractivity contribution is 0.0935. The van der Waals surface area contributed by atoms with E-state index in [1.165, 1.54) is 18.2 Å². The van der Waals surface area contributed by atoms with Crippen LogP contribution < -0.4 is 5.32 Å². The molecule has 0 heterocycles. The topological polar surface area (TPSA) is 49.3 Å². The fourth-order valence-electron chi connectivity index (χ4n) is 1.23. The minimum atomic E-state index is -0.257. The van der Waals surface area contributed by atoms with Crippen LogP contribution in [0.3, 0.4) is 0 Å². The molecule has 1 aromatic rings. The molecule has 4 heteroatoms. The standard InChI is InChI=1S/C13H18ClNO2/c1-4-13(2,3)8-15-12(17)10-7-9(16)5-6-11(10)14/h5-7,16H,4,8H2,1-3H3,(H,15,17). The Labute approximate surface area is 107 Å². The highest BCUT2D eigenvalue weighted by Crippen LogP contribution is 2.22. The predicted octanol–water partition coefficient (Wildman–Crippen LogP) is 3.21. The van der Waals surface area contributed by atoms with Gasteiger partial charge in [-0.2, -0.15) is 0 Å². The van der Waals surface area contributed by atoms with E-state index in [0.717, 1.165) is 6.42 Å². The van der Waals surface area contributed by atoms with Crippen molar-refractivity contribution in [2.45, 2.75) is 27.2 Å². The molecule has 0 saturated carbocycles. The normalized spacial score (nSPS) is 11.3. The average Bonchev–Trinajstić information content (AvgIpc) is 2.29. The molecule has 0 aliphatic heterocycles. The van der Waals surface area contributed by atoms with Crippen LogP contribution in [0.1, 0.15) is 37.6 Å². The summed E-state index contributed by atoms with van der Waals surface area (Å²) in [4.78, 5) is 11.9. The van der Waals surface area contributed by atoms with Gasteiger partial charge in [-0.15, -0.1) is 0 Å². The summed E-state index contributed by atoms with van der Waals surface area (Å²) in [7, 11) is 0. The summed E-state index contributed by atoms with van der Waals surface area (Å²) in [6.45, 7) is 6.82. The number of rotatable bonds is 4. The van der Waals surface area contributed by atoms with Crippen LogP contribution in [0.15, 0.2) is 18.2 Å². The van der Waals surface area contributed by atoms with E-state index < -0.39 is 0 Å². The zero-order valence-electron chi connectivity index (χ0n) is 10.4. The number of phenolic OH excluding ortho intramolecular Hbond substituents is 1. The second kappa shape index (κ2) is 5.41.